The van der Waals surface area contributed by atoms with Crippen molar-refractivity contribution >= 4 is 11.7 Å². The minimum Gasteiger partial charge on any atom is -0.360 e. The molecule has 0 saturated heterocycles. The smallest absolute Gasteiger partial charge is 0.253 e. The number of rotatable bonds is 7. The van der Waals surface area contributed by atoms with Gasteiger partial charge in [0.2, 0.25) is 5.89 Å². The van der Waals surface area contributed by atoms with Gasteiger partial charge in [0.25, 0.3) is 5.91 Å². The number of aromatic nitrogens is 6. The van der Waals surface area contributed by atoms with Crippen molar-refractivity contribution in [1.29, 1.82) is 0 Å². The van der Waals surface area contributed by atoms with Gasteiger partial charge in [-0.25, -0.2) is 9.97 Å². The van der Waals surface area contributed by atoms with Crippen LogP contribution in [-0.4, -0.2) is 36.2 Å². The normalized spacial score (nSPS) is 12.2. The molecule has 0 aromatic carbocycles. The summed E-state index contributed by atoms with van der Waals surface area (Å²) in [6.07, 6.45) is 1.50. The van der Waals surface area contributed by atoms with Crippen LogP contribution >= 0.6 is 0 Å². The molecule has 0 saturated carbocycles. The van der Waals surface area contributed by atoms with Gasteiger partial charge in [-0.1, -0.05) is 19.0 Å². The van der Waals surface area contributed by atoms with Crippen molar-refractivity contribution in [3.8, 4) is 0 Å². The van der Waals surface area contributed by atoms with Gasteiger partial charge < -0.3 is 15.2 Å². The minimum absolute atomic E-state index is 0.115. The third kappa shape index (κ3) is 4.66. The van der Waals surface area contributed by atoms with Crippen molar-refractivity contribution in [2.75, 3.05) is 5.32 Å². The summed E-state index contributed by atoms with van der Waals surface area (Å²) in [5.74, 6) is 2.90. The summed E-state index contributed by atoms with van der Waals surface area (Å²) >= 11 is 0. The average molecular weight is 370 g/mol. The first kappa shape index (κ1) is 18.5. The van der Waals surface area contributed by atoms with Gasteiger partial charge in [0.05, 0.1) is 18.2 Å². The van der Waals surface area contributed by atoms with E-state index in [1.165, 1.54) is 6.20 Å². The molecule has 3 heterocycles. The second kappa shape index (κ2) is 7.94. The zero-order valence-electron chi connectivity index (χ0n) is 15.6. The molecule has 142 valence electrons. The van der Waals surface area contributed by atoms with Gasteiger partial charge in [0.15, 0.2) is 11.6 Å². The fourth-order valence-corrected chi connectivity index (χ4v) is 2.29. The number of pyridine rings is 1. The van der Waals surface area contributed by atoms with Crippen LogP contribution in [0.25, 0.3) is 0 Å². The molecule has 3 N–H and O–H groups in total. The highest BCUT2D eigenvalue weighted by Crippen LogP contribution is 2.15. The molecule has 0 spiro atoms. The number of nitrogens with one attached hydrogen (secondary N) is 3. The molecule has 0 aliphatic carbocycles. The van der Waals surface area contributed by atoms with Crippen molar-refractivity contribution in [2.45, 2.75) is 46.2 Å². The predicted molar refractivity (Wildman–Crippen MR) is 97.0 cm³/mol. The molecule has 0 bridgehead atoms. The van der Waals surface area contributed by atoms with Crippen LogP contribution in [0.15, 0.2) is 22.9 Å². The van der Waals surface area contributed by atoms with E-state index in [0.29, 0.717) is 28.9 Å². The SMILES string of the molecule is Cc1nc([C@@H](C)Nc2ccc(C(=O)NCc3noc(C(C)C)n3)cn2)n[nH]1. The van der Waals surface area contributed by atoms with E-state index in [0.717, 1.165) is 5.82 Å². The predicted octanol–water partition coefficient (Wildman–Crippen LogP) is 2.12. The molecule has 1 amide bonds. The highest BCUT2D eigenvalue weighted by molar-refractivity contribution is 5.93. The monoisotopic (exact) mass is 370 g/mol. The molecule has 3 aromatic rings. The van der Waals surface area contributed by atoms with Gasteiger partial charge in [0.1, 0.15) is 11.6 Å². The second-order valence-electron chi connectivity index (χ2n) is 6.46. The van der Waals surface area contributed by atoms with Crippen LogP contribution < -0.4 is 10.6 Å². The Morgan fingerprint density at radius 1 is 1.26 bits per heavy atom. The Morgan fingerprint density at radius 3 is 2.67 bits per heavy atom. The maximum atomic E-state index is 12.2. The Bertz CT molecular complexity index is 900. The number of carbonyl (C=O) groups excluding carboxylic acids is 1. The summed E-state index contributed by atoms with van der Waals surface area (Å²) in [7, 11) is 0. The molecule has 0 radical (unpaired) electrons. The molecule has 0 aliphatic heterocycles. The number of hydrogen-bond acceptors (Lipinski definition) is 8. The van der Waals surface area contributed by atoms with E-state index in [-0.39, 0.29) is 24.4 Å². The Balaban J connectivity index is 1.55. The van der Waals surface area contributed by atoms with Crippen LogP contribution in [0.3, 0.4) is 0 Å². The van der Waals surface area contributed by atoms with Crippen molar-refractivity contribution in [1.82, 2.24) is 35.6 Å². The first-order chi connectivity index (χ1) is 12.9. The van der Waals surface area contributed by atoms with Crippen molar-refractivity contribution in [3.05, 3.63) is 47.3 Å². The van der Waals surface area contributed by atoms with E-state index in [1.54, 1.807) is 12.1 Å². The van der Waals surface area contributed by atoms with E-state index in [2.05, 4.69) is 40.9 Å². The molecular formula is C17H22N8O2. The quantitative estimate of drug-likeness (QED) is 0.575. The maximum absolute atomic E-state index is 12.2. The number of hydrogen-bond donors (Lipinski definition) is 3. The van der Waals surface area contributed by atoms with Crippen molar-refractivity contribution < 1.29 is 9.32 Å². The Morgan fingerprint density at radius 2 is 2.07 bits per heavy atom. The lowest BCUT2D eigenvalue weighted by atomic mass is 10.2. The summed E-state index contributed by atoms with van der Waals surface area (Å²) < 4.78 is 5.11. The second-order valence-corrected chi connectivity index (χ2v) is 6.46. The summed E-state index contributed by atoms with van der Waals surface area (Å²) in [6.45, 7) is 7.88. The van der Waals surface area contributed by atoms with Crippen LogP contribution in [0.5, 0.6) is 0 Å². The van der Waals surface area contributed by atoms with Gasteiger partial charge in [-0.05, 0) is 26.0 Å². The molecule has 0 aliphatic rings. The number of aryl methyl sites for hydroxylation is 1. The summed E-state index contributed by atoms with van der Waals surface area (Å²) in [6, 6.07) is 3.31. The van der Waals surface area contributed by atoms with Crippen LogP contribution in [0.4, 0.5) is 5.82 Å². The number of H-pyrrole nitrogens is 1. The number of amides is 1. The molecule has 3 aromatic heterocycles. The summed E-state index contributed by atoms with van der Waals surface area (Å²) in [5.41, 5.74) is 0.439. The topological polar surface area (TPSA) is 135 Å². The minimum atomic E-state index is -0.261. The van der Waals surface area contributed by atoms with Gasteiger partial charge >= 0.3 is 0 Å². The maximum Gasteiger partial charge on any atom is 0.253 e. The molecule has 0 fully saturated rings. The fraction of sp³-hybridized carbons (Fsp3) is 0.412. The largest absolute Gasteiger partial charge is 0.360 e. The molecule has 0 unspecified atom stereocenters. The zero-order valence-corrected chi connectivity index (χ0v) is 15.6. The van der Waals surface area contributed by atoms with Crippen LogP contribution in [0.1, 0.15) is 66.5 Å². The van der Waals surface area contributed by atoms with Crippen LogP contribution in [-0.2, 0) is 6.54 Å². The molecule has 10 heteroatoms. The Kier molecular flexibility index (Phi) is 5.43. The highest BCUT2D eigenvalue weighted by atomic mass is 16.5. The van der Waals surface area contributed by atoms with E-state index >= 15 is 0 Å². The lowest BCUT2D eigenvalue weighted by molar-refractivity contribution is 0.0949. The number of aromatic amines is 1. The van der Waals surface area contributed by atoms with E-state index in [4.69, 9.17) is 4.52 Å². The molecule has 27 heavy (non-hydrogen) atoms. The van der Waals surface area contributed by atoms with Gasteiger partial charge in [-0.2, -0.15) is 10.1 Å². The lowest BCUT2D eigenvalue weighted by Crippen LogP contribution is -2.23. The van der Waals surface area contributed by atoms with Crippen LogP contribution in [0.2, 0.25) is 0 Å². The van der Waals surface area contributed by atoms with Gasteiger partial charge in [0, 0.05) is 12.1 Å². The van der Waals surface area contributed by atoms with Crippen LogP contribution in [0, 0.1) is 6.92 Å². The van der Waals surface area contributed by atoms with Gasteiger partial charge in [-0.15, -0.1) is 0 Å². The van der Waals surface area contributed by atoms with Crippen molar-refractivity contribution in [2.24, 2.45) is 0 Å². The summed E-state index contributed by atoms with van der Waals surface area (Å²) in [5, 5.41) is 16.7. The summed E-state index contributed by atoms with van der Waals surface area (Å²) in [4.78, 5) is 25.0. The van der Waals surface area contributed by atoms with E-state index in [9.17, 15) is 4.79 Å². The number of nitrogens with zero attached hydrogens (tertiary/aromatic N) is 5. The van der Waals surface area contributed by atoms with E-state index in [1.807, 2.05) is 27.7 Å². The third-order valence-electron chi connectivity index (χ3n) is 3.78. The number of carbonyl (C=O) groups is 1. The van der Waals surface area contributed by atoms with E-state index < -0.39 is 0 Å². The van der Waals surface area contributed by atoms with Crippen molar-refractivity contribution in [3.63, 3.8) is 0 Å². The Hall–Kier alpha value is -3.30. The fourth-order valence-electron chi connectivity index (χ4n) is 2.29. The number of anilines is 1. The zero-order chi connectivity index (χ0) is 19.4. The lowest BCUT2D eigenvalue weighted by Gasteiger charge is -2.11. The highest BCUT2D eigenvalue weighted by Gasteiger charge is 2.13. The molecule has 1 atom stereocenters. The first-order valence-electron chi connectivity index (χ1n) is 8.64. The third-order valence-corrected chi connectivity index (χ3v) is 3.78. The standard InChI is InChI=1S/C17H22N8O2/c1-9(2)17-22-14(25-27-17)8-19-16(26)12-5-6-13(18-7-12)20-10(3)15-21-11(4)23-24-15/h5-7,9-10H,8H2,1-4H3,(H,18,20)(H,19,26)(H,21,23,24)/t10-/m1/s1. The average Bonchev–Trinajstić information content (AvgIpc) is 3.29. The molecular weight excluding hydrogens is 348 g/mol. The van der Waals surface area contributed by atoms with Gasteiger partial charge in [-0.3, -0.25) is 9.89 Å². The first-order valence-corrected chi connectivity index (χ1v) is 8.64. The Labute approximate surface area is 156 Å². The molecule has 10 nitrogen and oxygen atoms in total. The molecule has 3 rings (SSSR count).